The molecule has 3 aromatic carbocycles. The second-order valence-electron chi connectivity index (χ2n) is 9.79. The van der Waals surface area contributed by atoms with Crippen LogP contribution in [0.4, 0.5) is 15.8 Å². The van der Waals surface area contributed by atoms with Crippen LogP contribution in [0, 0.1) is 12.7 Å². The summed E-state index contributed by atoms with van der Waals surface area (Å²) in [6, 6.07) is 16.1. The summed E-state index contributed by atoms with van der Waals surface area (Å²) in [6.45, 7) is 4.21. The number of piperazine rings is 1. The van der Waals surface area contributed by atoms with Crippen molar-refractivity contribution in [3.8, 4) is 0 Å². The van der Waals surface area contributed by atoms with Crippen molar-refractivity contribution in [2.24, 2.45) is 0 Å². The van der Waals surface area contributed by atoms with Gasteiger partial charge in [0, 0.05) is 42.5 Å². The number of hydrogen-bond acceptors (Lipinski definition) is 7. The van der Waals surface area contributed by atoms with E-state index in [1.54, 1.807) is 0 Å². The van der Waals surface area contributed by atoms with Crippen molar-refractivity contribution in [1.82, 2.24) is 4.90 Å². The molecule has 0 N–H and O–H groups in total. The Morgan fingerprint density at radius 3 is 2.25 bits per heavy atom. The lowest BCUT2D eigenvalue weighted by molar-refractivity contribution is -0.123. The van der Waals surface area contributed by atoms with Gasteiger partial charge < -0.3 is 9.64 Å². The van der Waals surface area contributed by atoms with Crippen molar-refractivity contribution in [2.45, 2.75) is 19.4 Å². The molecular formula is C30H27ClFN3O5. The van der Waals surface area contributed by atoms with Crippen LogP contribution in [-0.4, -0.2) is 67.3 Å². The van der Waals surface area contributed by atoms with E-state index in [1.165, 1.54) is 36.4 Å². The van der Waals surface area contributed by atoms with Gasteiger partial charge in [-0.25, -0.2) is 14.1 Å². The van der Waals surface area contributed by atoms with Gasteiger partial charge in [0.05, 0.1) is 23.7 Å². The van der Waals surface area contributed by atoms with Gasteiger partial charge >= 0.3 is 5.97 Å². The third kappa shape index (κ3) is 5.76. The number of carbonyl (C=O) groups is 4. The molecule has 0 radical (unpaired) electrons. The molecule has 2 aliphatic rings. The van der Waals surface area contributed by atoms with Gasteiger partial charge in [-0.3, -0.25) is 19.3 Å². The number of nitrogens with zero attached hydrogens (tertiary/aromatic N) is 3. The number of esters is 1. The first-order chi connectivity index (χ1) is 19.2. The quantitative estimate of drug-likeness (QED) is 0.241. The summed E-state index contributed by atoms with van der Waals surface area (Å²) in [6.07, 6.45) is 0.0876. The molecule has 2 fully saturated rings. The minimum atomic E-state index is -0.730. The van der Waals surface area contributed by atoms with Crippen molar-refractivity contribution >= 4 is 46.5 Å². The Hall–Kier alpha value is -4.08. The summed E-state index contributed by atoms with van der Waals surface area (Å²) >= 11 is 6.19. The number of halogens is 2. The summed E-state index contributed by atoms with van der Waals surface area (Å²) in [5, 5.41) is 0.674. The number of ether oxygens (including phenoxy) is 1. The summed E-state index contributed by atoms with van der Waals surface area (Å²) in [4.78, 5) is 56.2. The first kappa shape index (κ1) is 27.5. The highest BCUT2D eigenvalue weighted by molar-refractivity contribution is 6.30. The first-order valence-electron chi connectivity index (χ1n) is 12.9. The monoisotopic (exact) mass is 563 g/mol. The molecule has 0 saturated carbocycles. The number of hydrogen-bond donors (Lipinski definition) is 0. The van der Waals surface area contributed by atoms with Crippen LogP contribution in [0.3, 0.4) is 0 Å². The number of Topliss-reactive ketones (excluding diaryl/α,β-unsaturated/α-hetero) is 1. The third-order valence-electron chi connectivity index (χ3n) is 7.25. The minimum Gasteiger partial charge on any atom is -0.454 e. The average molecular weight is 564 g/mol. The molecule has 0 bridgehead atoms. The maximum absolute atomic E-state index is 13.3. The predicted molar refractivity (Wildman–Crippen MR) is 148 cm³/mol. The van der Waals surface area contributed by atoms with Crippen LogP contribution in [0.25, 0.3) is 0 Å². The number of aryl methyl sites for hydroxylation is 1. The van der Waals surface area contributed by atoms with Crippen molar-refractivity contribution in [1.29, 1.82) is 0 Å². The lowest BCUT2D eigenvalue weighted by atomic mass is 10.1. The van der Waals surface area contributed by atoms with Gasteiger partial charge in [0.15, 0.2) is 12.4 Å². The predicted octanol–water partition coefficient (Wildman–Crippen LogP) is 4.28. The van der Waals surface area contributed by atoms with Gasteiger partial charge in [0.25, 0.3) is 5.91 Å². The molecule has 1 unspecified atom stereocenters. The first-order valence-corrected chi connectivity index (χ1v) is 13.3. The highest BCUT2D eigenvalue weighted by atomic mass is 35.5. The van der Waals surface area contributed by atoms with Gasteiger partial charge in [-0.15, -0.1) is 0 Å². The Bertz CT molecular complexity index is 1450. The van der Waals surface area contributed by atoms with Crippen molar-refractivity contribution in [3.05, 3.63) is 94.3 Å². The van der Waals surface area contributed by atoms with Gasteiger partial charge in [0.2, 0.25) is 5.91 Å². The Kier molecular flexibility index (Phi) is 7.95. The van der Waals surface area contributed by atoms with E-state index in [4.69, 9.17) is 16.3 Å². The molecule has 2 aliphatic heterocycles. The molecule has 40 heavy (non-hydrogen) atoms. The zero-order chi connectivity index (χ0) is 28.4. The Labute approximate surface area is 235 Å². The van der Waals surface area contributed by atoms with Gasteiger partial charge in [-0.05, 0) is 73.2 Å². The van der Waals surface area contributed by atoms with E-state index in [-0.39, 0.29) is 29.4 Å². The fourth-order valence-corrected chi connectivity index (χ4v) is 5.22. The molecule has 2 amide bonds. The van der Waals surface area contributed by atoms with Gasteiger partial charge in [-0.2, -0.15) is 0 Å². The second kappa shape index (κ2) is 11.6. The molecule has 5 rings (SSSR count). The number of carbonyl (C=O) groups excluding carboxylic acids is 4. The topological polar surface area (TPSA) is 87.2 Å². The Morgan fingerprint density at radius 1 is 0.925 bits per heavy atom. The van der Waals surface area contributed by atoms with E-state index < -0.39 is 30.2 Å². The van der Waals surface area contributed by atoms with Gasteiger partial charge in [-0.1, -0.05) is 17.7 Å². The lowest BCUT2D eigenvalue weighted by Crippen LogP contribution is -2.52. The maximum atomic E-state index is 13.3. The Balaban J connectivity index is 1.18. The van der Waals surface area contributed by atoms with Crippen LogP contribution in [0.15, 0.2) is 66.7 Å². The molecule has 206 valence electrons. The van der Waals surface area contributed by atoms with E-state index >= 15 is 0 Å². The number of amides is 2. The fraction of sp³-hybridized carbons (Fsp3) is 0.267. The average Bonchev–Trinajstić information content (AvgIpc) is 3.26. The van der Waals surface area contributed by atoms with Crippen LogP contribution in [0.1, 0.15) is 32.7 Å². The lowest BCUT2D eigenvalue weighted by Gasteiger charge is -2.38. The van der Waals surface area contributed by atoms with Crippen molar-refractivity contribution < 1.29 is 28.3 Å². The summed E-state index contributed by atoms with van der Waals surface area (Å²) in [7, 11) is 0. The SMILES string of the molecule is Cc1ccc(Cl)cc1N1CCN(C2CC(=O)N(c3ccc(C(=O)OCC(=O)c4ccc(F)cc4)cc3)C2=O)CC1. The summed E-state index contributed by atoms with van der Waals surface area (Å²) in [5.41, 5.74) is 2.96. The molecule has 0 spiro atoms. The molecule has 0 aromatic heterocycles. The molecule has 1 atom stereocenters. The summed E-state index contributed by atoms with van der Waals surface area (Å²) in [5.74, 6) is -2.26. The third-order valence-corrected chi connectivity index (χ3v) is 7.49. The molecule has 2 saturated heterocycles. The van der Waals surface area contributed by atoms with Crippen LogP contribution in [0.2, 0.25) is 5.02 Å². The molecule has 3 aromatic rings. The van der Waals surface area contributed by atoms with Crippen LogP contribution < -0.4 is 9.80 Å². The van der Waals surface area contributed by atoms with E-state index in [9.17, 15) is 23.6 Å². The fourth-order valence-electron chi connectivity index (χ4n) is 5.05. The normalized spacial score (nSPS) is 17.8. The molecule has 0 aliphatic carbocycles. The van der Waals surface area contributed by atoms with Crippen LogP contribution in [0.5, 0.6) is 0 Å². The molecular weight excluding hydrogens is 537 g/mol. The number of ketones is 1. The zero-order valence-corrected chi connectivity index (χ0v) is 22.6. The Morgan fingerprint density at radius 2 is 1.57 bits per heavy atom. The second-order valence-corrected chi connectivity index (χ2v) is 10.2. The highest BCUT2D eigenvalue weighted by Crippen LogP contribution is 2.29. The number of benzene rings is 3. The number of anilines is 2. The van der Waals surface area contributed by atoms with Crippen molar-refractivity contribution in [2.75, 3.05) is 42.6 Å². The van der Waals surface area contributed by atoms with Crippen LogP contribution in [-0.2, 0) is 14.3 Å². The number of rotatable bonds is 7. The smallest absolute Gasteiger partial charge is 0.338 e. The minimum absolute atomic E-state index is 0.0876. The van der Waals surface area contributed by atoms with E-state index in [2.05, 4.69) is 4.90 Å². The van der Waals surface area contributed by atoms with Crippen molar-refractivity contribution in [3.63, 3.8) is 0 Å². The largest absolute Gasteiger partial charge is 0.454 e. The van der Waals surface area contributed by atoms with Crippen LogP contribution >= 0.6 is 11.6 Å². The molecule has 8 nitrogen and oxygen atoms in total. The summed E-state index contributed by atoms with van der Waals surface area (Å²) < 4.78 is 18.1. The molecule has 2 heterocycles. The maximum Gasteiger partial charge on any atom is 0.338 e. The highest BCUT2D eigenvalue weighted by Gasteiger charge is 2.43. The van der Waals surface area contributed by atoms with E-state index in [1.807, 2.05) is 30.0 Å². The molecule has 10 heteroatoms. The van der Waals surface area contributed by atoms with E-state index in [0.29, 0.717) is 36.9 Å². The number of imide groups is 1. The van der Waals surface area contributed by atoms with Gasteiger partial charge in [0.1, 0.15) is 5.82 Å². The van der Waals surface area contributed by atoms with E-state index in [0.717, 1.165) is 28.3 Å². The zero-order valence-electron chi connectivity index (χ0n) is 21.8. The standard InChI is InChI=1S/C30H27ClFN3O5/c1-19-2-7-22(31)16-25(19)33-12-14-34(15-13-33)26-17-28(37)35(29(26)38)24-10-5-21(6-11-24)30(39)40-18-27(36)20-3-8-23(32)9-4-20/h2-11,16,26H,12-15,17-18H2,1H3.